The van der Waals surface area contributed by atoms with Crippen molar-refractivity contribution in [2.75, 3.05) is 5.32 Å². The molecule has 1 aliphatic heterocycles. The first-order valence-electron chi connectivity index (χ1n) is 7.68. The van der Waals surface area contributed by atoms with E-state index in [1.807, 2.05) is 32.1 Å². The first-order valence-corrected chi connectivity index (χ1v) is 7.68. The highest BCUT2D eigenvalue weighted by molar-refractivity contribution is 5.99. The summed E-state index contributed by atoms with van der Waals surface area (Å²) >= 11 is 0. The zero-order chi connectivity index (χ0) is 16.4. The molecule has 1 aromatic rings. The SMILES string of the molecule is CC1=CCC(N2C(=O)CCCC2=O)=CC=C1Nc1cc(C)on1. The highest BCUT2D eigenvalue weighted by Crippen LogP contribution is 2.25. The van der Waals surface area contributed by atoms with E-state index in [-0.39, 0.29) is 11.8 Å². The van der Waals surface area contributed by atoms with E-state index in [0.717, 1.165) is 17.0 Å². The molecule has 0 radical (unpaired) electrons. The van der Waals surface area contributed by atoms with Crippen molar-refractivity contribution >= 4 is 17.6 Å². The van der Waals surface area contributed by atoms with Crippen LogP contribution in [0.5, 0.6) is 0 Å². The van der Waals surface area contributed by atoms with Gasteiger partial charge in [-0.15, -0.1) is 0 Å². The molecule has 6 heteroatoms. The molecule has 1 N–H and O–H groups in total. The van der Waals surface area contributed by atoms with Crippen LogP contribution < -0.4 is 5.32 Å². The lowest BCUT2D eigenvalue weighted by atomic mass is 10.1. The van der Waals surface area contributed by atoms with Crippen LogP contribution in [0.15, 0.2) is 45.8 Å². The molecular weight excluding hydrogens is 294 g/mol. The summed E-state index contributed by atoms with van der Waals surface area (Å²) in [5.41, 5.74) is 2.60. The van der Waals surface area contributed by atoms with Crippen LogP contribution in [0.1, 0.15) is 38.4 Å². The van der Waals surface area contributed by atoms with Crippen LogP contribution >= 0.6 is 0 Å². The third-order valence-electron chi connectivity index (χ3n) is 3.94. The van der Waals surface area contributed by atoms with E-state index < -0.39 is 0 Å². The quantitative estimate of drug-likeness (QED) is 0.868. The number of aryl methyl sites for hydroxylation is 1. The van der Waals surface area contributed by atoms with Gasteiger partial charge >= 0.3 is 0 Å². The van der Waals surface area contributed by atoms with Gasteiger partial charge < -0.3 is 9.84 Å². The summed E-state index contributed by atoms with van der Waals surface area (Å²) < 4.78 is 5.04. The van der Waals surface area contributed by atoms with Crippen LogP contribution in [0.2, 0.25) is 0 Å². The number of allylic oxidation sites excluding steroid dienone is 4. The Kier molecular flexibility index (Phi) is 4.14. The molecule has 0 saturated carbocycles. The van der Waals surface area contributed by atoms with Crippen molar-refractivity contribution < 1.29 is 14.1 Å². The summed E-state index contributed by atoms with van der Waals surface area (Å²) in [6.07, 6.45) is 7.74. The minimum Gasteiger partial charge on any atom is -0.360 e. The monoisotopic (exact) mass is 313 g/mol. The maximum absolute atomic E-state index is 12.1. The molecule has 120 valence electrons. The lowest BCUT2D eigenvalue weighted by Crippen LogP contribution is -2.39. The molecule has 2 amide bonds. The molecule has 1 saturated heterocycles. The number of rotatable bonds is 3. The van der Waals surface area contributed by atoms with Gasteiger partial charge in [0.05, 0.1) is 0 Å². The maximum atomic E-state index is 12.1. The predicted octanol–water partition coefficient (Wildman–Crippen LogP) is 3.05. The first kappa shape index (κ1) is 15.3. The molecule has 0 aromatic carbocycles. The van der Waals surface area contributed by atoms with E-state index in [9.17, 15) is 9.59 Å². The molecule has 0 unspecified atom stereocenters. The van der Waals surface area contributed by atoms with Crippen molar-refractivity contribution in [1.82, 2.24) is 10.1 Å². The van der Waals surface area contributed by atoms with Gasteiger partial charge in [-0.3, -0.25) is 14.5 Å². The highest BCUT2D eigenvalue weighted by atomic mass is 16.5. The molecule has 0 bridgehead atoms. The number of likely N-dealkylation sites (tertiary alicyclic amines) is 1. The van der Waals surface area contributed by atoms with Gasteiger partial charge in [-0.05, 0) is 38.0 Å². The fourth-order valence-electron chi connectivity index (χ4n) is 2.69. The van der Waals surface area contributed by atoms with Crippen LogP contribution in [0.25, 0.3) is 0 Å². The molecule has 1 aliphatic carbocycles. The van der Waals surface area contributed by atoms with Crippen LogP contribution in [-0.4, -0.2) is 21.9 Å². The topological polar surface area (TPSA) is 75.4 Å². The van der Waals surface area contributed by atoms with Crippen molar-refractivity contribution in [2.45, 2.75) is 39.5 Å². The van der Waals surface area contributed by atoms with Crippen LogP contribution in [-0.2, 0) is 9.59 Å². The standard InChI is InChI=1S/C17H19N3O3/c1-11-6-7-13(20-16(21)4-3-5-17(20)22)8-9-14(11)18-15-10-12(2)23-19-15/h6,8-10H,3-5,7H2,1-2H3,(H,18,19). The van der Waals surface area contributed by atoms with E-state index in [2.05, 4.69) is 10.5 Å². The second kappa shape index (κ2) is 6.24. The molecule has 1 fully saturated rings. The van der Waals surface area contributed by atoms with Gasteiger partial charge in [0.25, 0.3) is 0 Å². The number of carbonyl (C=O) groups is 2. The van der Waals surface area contributed by atoms with Gasteiger partial charge in [-0.2, -0.15) is 0 Å². The van der Waals surface area contributed by atoms with E-state index in [1.54, 1.807) is 6.07 Å². The summed E-state index contributed by atoms with van der Waals surface area (Å²) in [7, 11) is 0. The number of anilines is 1. The Hall–Kier alpha value is -2.63. The zero-order valence-electron chi connectivity index (χ0n) is 13.3. The fourth-order valence-corrected chi connectivity index (χ4v) is 2.69. The van der Waals surface area contributed by atoms with E-state index in [1.165, 1.54) is 4.90 Å². The number of piperidine rings is 1. The molecule has 0 atom stereocenters. The predicted molar refractivity (Wildman–Crippen MR) is 85.1 cm³/mol. The van der Waals surface area contributed by atoms with E-state index in [4.69, 9.17) is 4.52 Å². The Bertz CT molecular complexity index is 724. The number of hydrogen-bond acceptors (Lipinski definition) is 5. The number of hydrogen-bond donors (Lipinski definition) is 1. The van der Waals surface area contributed by atoms with Crippen molar-refractivity contribution in [3.05, 3.63) is 47.0 Å². The van der Waals surface area contributed by atoms with E-state index in [0.29, 0.717) is 37.2 Å². The molecule has 3 rings (SSSR count). The smallest absolute Gasteiger partial charge is 0.233 e. The molecular formula is C17H19N3O3. The molecule has 2 heterocycles. The number of carbonyl (C=O) groups excluding carboxylic acids is 2. The number of imide groups is 1. The second-order valence-corrected chi connectivity index (χ2v) is 5.75. The normalized spacial score (nSPS) is 19.0. The number of amides is 2. The first-order chi connectivity index (χ1) is 11.0. The van der Waals surface area contributed by atoms with Crippen LogP contribution in [0, 0.1) is 6.92 Å². The highest BCUT2D eigenvalue weighted by Gasteiger charge is 2.28. The summed E-state index contributed by atoms with van der Waals surface area (Å²) in [5, 5.41) is 7.11. The molecule has 6 nitrogen and oxygen atoms in total. The Labute approximate surface area is 134 Å². The largest absolute Gasteiger partial charge is 0.360 e. The minimum atomic E-state index is -0.115. The summed E-state index contributed by atoms with van der Waals surface area (Å²) in [5.74, 6) is 1.12. The van der Waals surface area contributed by atoms with Crippen molar-refractivity contribution in [1.29, 1.82) is 0 Å². The third kappa shape index (κ3) is 3.26. The van der Waals surface area contributed by atoms with Crippen molar-refractivity contribution in [3.63, 3.8) is 0 Å². The number of nitrogens with zero attached hydrogens (tertiary/aromatic N) is 2. The van der Waals surface area contributed by atoms with Crippen molar-refractivity contribution in [2.24, 2.45) is 0 Å². The number of nitrogens with one attached hydrogen (secondary N) is 1. The lowest BCUT2D eigenvalue weighted by molar-refractivity contribution is -0.145. The summed E-state index contributed by atoms with van der Waals surface area (Å²) in [6, 6.07) is 1.81. The van der Waals surface area contributed by atoms with Crippen LogP contribution in [0.3, 0.4) is 0 Å². The minimum absolute atomic E-state index is 0.115. The molecule has 2 aliphatic rings. The Morgan fingerprint density at radius 3 is 2.57 bits per heavy atom. The Morgan fingerprint density at radius 1 is 1.17 bits per heavy atom. The van der Waals surface area contributed by atoms with E-state index >= 15 is 0 Å². The van der Waals surface area contributed by atoms with Crippen LogP contribution in [0.4, 0.5) is 5.82 Å². The van der Waals surface area contributed by atoms with Gasteiger partial charge in [0.1, 0.15) is 5.76 Å². The van der Waals surface area contributed by atoms with Crippen molar-refractivity contribution in [3.8, 4) is 0 Å². The number of aromatic nitrogens is 1. The zero-order valence-corrected chi connectivity index (χ0v) is 13.3. The van der Waals surface area contributed by atoms with Gasteiger partial charge in [0, 0.05) is 36.7 Å². The Balaban J connectivity index is 1.85. The molecule has 0 spiro atoms. The maximum Gasteiger partial charge on any atom is 0.233 e. The second-order valence-electron chi connectivity index (χ2n) is 5.75. The third-order valence-corrected chi connectivity index (χ3v) is 3.94. The average molecular weight is 313 g/mol. The van der Waals surface area contributed by atoms with Gasteiger partial charge in [-0.1, -0.05) is 11.2 Å². The fraction of sp³-hybridized carbons (Fsp3) is 0.353. The Morgan fingerprint density at radius 2 is 1.91 bits per heavy atom. The average Bonchev–Trinajstić information content (AvgIpc) is 2.83. The van der Waals surface area contributed by atoms with Gasteiger partial charge in [0.15, 0.2) is 5.82 Å². The summed E-state index contributed by atoms with van der Waals surface area (Å²) in [6.45, 7) is 3.80. The lowest BCUT2D eigenvalue weighted by Gasteiger charge is -2.26. The van der Waals surface area contributed by atoms with Gasteiger partial charge in [-0.25, -0.2) is 0 Å². The van der Waals surface area contributed by atoms with Gasteiger partial charge in [0.2, 0.25) is 11.8 Å². The molecule has 23 heavy (non-hydrogen) atoms. The molecule has 1 aromatic heterocycles. The summed E-state index contributed by atoms with van der Waals surface area (Å²) in [4.78, 5) is 25.4.